The Balaban J connectivity index is 1.63. The van der Waals surface area contributed by atoms with Crippen molar-refractivity contribution in [2.24, 2.45) is 5.92 Å². The smallest absolute Gasteiger partial charge is 0.306 e. The summed E-state index contributed by atoms with van der Waals surface area (Å²) in [6.07, 6.45) is 2.47. The van der Waals surface area contributed by atoms with Gasteiger partial charge in [0.2, 0.25) is 0 Å². The second-order valence-corrected chi connectivity index (χ2v) is 11.6. The number of aliphatic hydroxyl groups excluding tert-OH is 1. The standard InChI is InChI=1S/C33H35ClF2N2O6/c1-18-26-25(44-33(18,20-6-4-3-5-7-20)17-38-21-10-8-19(9-11-21)32(41)42)16-23(35)29(34)28(26)27-22(31(40)37-2)12-13-24(30(27)36)43-15-14-39/h3-7,12-13,16,18-19,21,38-39H,8-11,14-15,17H2,1-2H3,(H,37,40)(H,41,42)/t18-,19?,21?,33?/m0/s1. The fraction of sp³-hybridized carbons (Fsp3) is 0.394. The molecule has 3 aromatic rings. The number of nitrogens with one attached hydrogen (secondary N) is 2. The van der Waals surface area contributed by atoms with Crippen LogP contribution in [0.4, 0.5) is 8.78 Å². The van der Waals surface area contributed by atoms with E-state index in [2.05, 4.69) is 10.6 Å². The van der Waals surface area contributed by atoms with E-state index in [1.165, 1.54) is 25.2 Å². The summed E-state index contributed by atoms with van der Waals surface area (Å²) in [6.45, 7) is 1.63. The van der Waals surface area contributed by atoms with E-state index in [4.69, 9.17) is 21.1 Å². The second kappa shape index (κ2) is 13.1. The third-order valence-electron chi connectivity index (χ3n) is 8.82. The number of halogens is 3. The minimum Gasteiger partial charge on any atom is -0.488 e. The van der Waals surface area contributed by atoms with Gasteiger partial charge >= 0.3 is 5.97 Å². The molecule has 8 nitrogen and oxygen atoms in total. The number of aliphatic hydroxyl groups is 1. The Morgan fingerprint density at radius 3 is 2.43 bits per heavy atom. The van der Waals surface area contributed by atoms with Crippen LogP contribution in [0.2, 0.25) is 5.02 Å². The topological polar surface area (TPSA) is 117 Å². The Morgan fingerprint density at radius 1 is 1.09 bits per heavy atom. The number of ether oxygens (including phenoxy) is 2. The van der Waals surface area contributed by atoms with E-state index in [1.54, 1.807) is 0 Å². The van der Waals surface area contributed by atoms with Crippen molar-refractivity contribution in [3.8, 4) is 22.6 Å². The molecule has 1 unspecified atom stereocenters. The van der Waals surface area contributed by atoms with Crippen molar-refractivity contribution >= 4 is 23.5 Å². The van der Waals surface area contributed by atoms with Gasteiger partial charge in [0, 0.05) is 48.3 Å². The molecule has 234 valence electrons. The number of amides is 1. The van der Waals surface area contributed by atoms with Crippen molar-refractivity contribution in [2.45, 2.75) is 50.2 Å². The molecule has 4 N–H and O–H groups in total. The number of benzene rings is 3. The minimum absolute atomic E-state index is 0.0144. The molecule has 1 heterocycles. The molecular weight excluding hydrogens is 594 g/mol. The van der Waals surface area contributed by atoms with Gasteiger partial charge in [-0.3, -0.25) is 9.59 Å². The molecule has 0 bridgehead atoms. The Kier molecular flexibility index (Phi) is 9.43. The number of hydrogen-bond donors (Lipinski definition) is 4. The summed E-state index contributed by atoms with van der Waals surface area (Å²) in [5.41, 5.74) is -0.175. The van der Waals surface area contributed by atoms with E-state index < -0.39 is 35.0 Å². The fourth-order valence-corrected chi connectivity index (χ4v) is 6.70. The van der Waals surface area contributed by atoms with Crippen LogP contribution in [0, 0.1) is 17.6 Å². The first-order valence-corrected chi connectivity index (χ1v) is 15.0. The van der Waals surface area contributed by atoms with Crippen molar-refractivity contribution in [3.63, 3.8) is 0 Å². The molecule has 0 radical (unpaired) electrons. The molecule has 3 aromatic carbocycles. The summed E-state index contributed by atoms with van der Waals surface area (Å²) in [5.74, 6) is -4.11. The monoisotopic (exact) mass is 628 g/mol. The molecule has 2 atom stereocenters. The number of aliphatic carboxylic acids is 1. The number of carboxylic acid groups (broad SMARTS) is 1. The Bertz CT molecular complexity index is 1550. The maximum atomic E-state index is 16.3. The van der Waals surface area contributed by atoms with Crippen LogP contribution < -0.4 is 20.1 Å². The Hall–Kier alpha value is -3.73. The average Bonchev–Trinajstić information content (AvgIpc) is 3.31. The second-order valence-electron chi connectivity index (χ2n) is 11.3. The number of fused-ring (bicyclic) bond motifs is 1. The van der Waals surface area contributed by atoms with Crippen molar-refractivity contribution < 1.29 is 38.1 Å². The lowest BCUT2D eigenvalue weighted by molar-refractivity contribution is -0.142. The molecule has 1 aliphatic heterocycles. The Morgan fingerprint density at radius 2 is 1.80 bits per heavy atom. The number of rotatable bonds is 10. The molecule has 2 aliphatic rings. The highest BCUT2D eigenvalue weighted by atomic mass is 35.5. The van der Waals surface area contributed by atoms with E-state index >= 15 is 8.78 Å². The SMILES string of the molecule is CNC(=O)c1ccc(OCCO)c(F)c1-c1c(Cl)c(F)cc2c1[C@H](C)C(CNC1CCC(C(=O)O)CC1)(c1ccccc1)O2. The Labute approximate surface area is 259 Å². The third kappa shape index (κ3) is 5.74. The van der Waals surface area contributed by atoms with Gasteiger partial charge in [0.15, 0.2) is 17.2 Å². The molecule has 5 rings (SSSR count). The van der Waals surface area contributed by atoms with Crippen LogP contribution in [0.5, 0.6) is 11.5 Å². The largest absolute Gasteiger partial charge is 0.488 e. The number of carbonyl (C=O) groups excluding carboxylic acids is 1. The summed E-state index contributed by atoms with van der Waals surface area (Å²) in [5, 5.41) is 24.4. The average molecular weight is 629 g/mol. The molecule has 1 fully saturated rings. The van der Waals surface area contributed by atoms with E-state index in [0.29, 0.717) is 37.8 Å². The molecule has 0 saturated heterocycles. The van der Waals surface area contributed by atoms with Crippen molar-refractivity contribution in [2.75, 3.05) is 26.8 Å². The molecule has 1 amide bonds. The van der Waals surface area contributed by atoms with Gasteiger partial charge in [0.25, 0.3) is 5.91 Å². The van der Waals surface area contributed by atoms with Gasteiger partial charge in [0.1, 0.15) is 18.2 Å². The highest BCUT2D eigenvalue weighted by Gasteiger charge is 2.50. The van der Waals surface area contributed by atoms with E-state index in [0.717, 1.165) is 5.56 Å². The maximum Gasteiger partial charge on any atom is 0.306 e. The van der Waals surface area contributed by atoms with Crippen LogP contribution in [-0.2, 0) is 10.4 Å². The normalized spacial score (nSPS) is 22.6. The first kappa shape index (κ1) is 31.7. The molecule has 1 saturated carbocycles. The third-order valence-corrected chi connectivity index (χ3v) is 9.19. The first-order valence-electron chi connectivity index (χ1n) is 14.6. The lowest BCUT2D eigenvalue weighted by Gasteiger charge is -2.37. The highest BCUT2D eigenvalue weighted by molar-refractivity contribution is 6.34. The predicted molar refractivity (Wildman–Crippen MR) is 161 cm³/mol. The molecule has 1 aliphatic carbocycles. The quantitative estimate of drug-likeness (QED) is 0.230. The fourth-order valence-electron chi connectivity index (χ4n) is 6.45. The van der Waals surface area contributed by atoms with E-state index in [-0.39, 0.29) is 58.4 Å². The zero-order valence-electron chi connectivity index (χ0n) is 24.5. The van der Waals surface area contributed by atoms with Crippen molar-refractivity contribution in [3.05, 3.63) is 81.9 Å². The molecule has 0 spiro atoms. The van der Waals surface area contributed by atoms with E-state index in [9.17, 15) is 19.8 Å². The van der Waals surface area contributed by atoms with Crippen LogP contribution in [0.3, 0.4) is 0 Å². The van der Waals surface area contributed by atoms with Gasteiger partial charge in [0.05, 0.1) is 23.1 Å². The van der Waals surface area contributed by atoms with Gasteiger partial charge in [-0.2, -0.15) is 0 Å². The molecule has 11 heteroatoms. The molecule has 44 heavy (non-hydrogen) atoms. The van der Waals surface area contributed by atoms with Gasteiger partial charge < -0.3 is 30.3 Å². The summed E-state index contributed by atoms with van der Waals surface area (Å²) in [4.78, 5) is 24.4. The number of carbonyl (C=O) groups is 2. The van der Waals surface area contributed by atoms with Gasteiger partial charge in [-0.05, 0) is 43.4 Å². The summed E-state index contributed by atoms with van der Waals surface area (Å²) < 4.78 is 43.9. The van der Waals surface area contributed by atoms with Gasteiger partial charge in [-0.15, -0.1) is 0 Å². The van der Waals surface area contributed by atoms with Crippen LogP contribution in [0.1, 0.15) is 60.0 Å². The zero-order chi connectivity index (χ0) is 31.6. The van der Waals surface area contributed by atoms with Crippen molar-refractivity contribution in [1.29, 1.82) is 0 Å². The predicted octanol–water partition coefficient (Wildman–Crippen LogP) is 5.64. The van der Waals surface area contributed by atoms with Crippen molar-refractivity contribution in [1.82, 2.24) is 10.6 Å². The lowest BCUT2D eigenvalue weighted by Crippen LogP contribution is -2.48. The summed E-state index contributed by atoms with van der Waals surface area (Å²) in [7, 11) is 1.40. The van der Waals surface area contributed by atoms with E-state index in [1.807, 2.05) is 37.3 Å². The number of hydrogen-bond acceptors (Lipinski definition) is 6. The lowest BCUT2D eigenvalue weighted by atomic mass is 9.77. The highest BCUT2D eigenvalue weighted by Crippen LogP contribution is 2.56. The van der Waals surface area contributed by atoms with Crippen LogP contribution in [-0.4, -0.2) is 54.9 Å². The van der Waals surface area contributed by atoms with Crippen LogP contribution in [0.25, 0.3) is 11.1 Å². The maximum absolute atomic E-state index is 16.3. The molecular formula is C33H35ClF2N2O6. The van der Waals surface area contributed by atoms with Crippen LogP contribution >= 0.6 is 11.6 Å². The number of carboxylic acids is 1. The summed E-state index contributed by atoms with van der Waals surface area (Å²) >= 11 is 6.63. The summed E-state index contributed by atoms with van der Waals surface area (Å²) in [6, 6.07) is 13.3. The minimum atomic E-state index is -1.08. The van der Waals surface area contributed by atoms with Crippen LogP contribution in [0.15, 0.2) is 48.5 Å². The molecule has 0 aromatic heterocycles. The first-order chi connectivity index (χ1) is 21.1. The van der Waals surface area contributed by atoms with Gasteiger partial charge in [-0.25, -0.2) is 8.78 Å². The zero-order valence-corrected chi connectivity index (χ0v) is 25.2. The van der Waals surface area contributed by atoms with Gasteiger partial charge in [-0.1, -0.05) is 48.9 Å².